The zero-order valence-corrected chi connectivity index (χ0v) is 18.7. The van der Waals surface area contributed by atoms with Crippen LogP contribution in [0, 0.1) is 0 Å². The van der Waals surface area contributed by atoms with Gasteiger partial charge in [0.2, 0.25) is 5.91 Å². The quantitative estimate of drug-likeness (QED) is 0.527. The van der Waals surface area contributed by atoms with Crippen molar-refractivity contribution < 1.29 is 19.1 Å². The standard InChI is InChI=1S/C25H33N3O4/c1-2-14-26-24(29)19-28-15-12-20(13-16-28)27-25(30)22-10-6-7-11-23(22)32-18-17-31-21-8-4-3-5-9-21/h3-11,20H,2,12-19H2,1H3,(H,26,29)(H,27,30). The Bertz CT molecular complexity index is 851. The highest BCUT2D eigenvalue weighted by Crippen LogP contribution is 2.19. The number of ether oxygens (including phenoxy) is 2. The summed E-state index contributed by atoms with van der Waals surface area (Å²) in [6, 6.07) is 16.9. The zero-order valence-electron chi connectivity index (χ0n) is 18.7. The second kappa shape index (κ2) is 12.7. The fraction of sp³-hybridized carbons (Fsp3) is 0.440. The van der Waals surface area contributed by atoms with Crippen LogP contribution in [-0.2, 0) is 4.79 Å². The number of hydrogen-bond donors (Lipinski definition) is 2. The molecule has 0 aromatic heterocycles. The summed E-state index contributed by atoms with van der Waals surface area (Å²) in [7, 11) is 0. The van der Waals surface area contributed by atoms with Crippen LogP contribution in [0.15, 0.2) is 54.6 Å². The van der Waals surface area contributed by atoms with Gasteiger partial charge in [0.05, 0.1) is 12.1 Å². The molecule has 0 saturated carbocycles. The number of para-hydroxylation sites is 2. The predicted molar refractivity (Wildman–Crippen MR) is 124 cm³/mol. The molecular weight excluding hydrogens is 406 g/mol. The van der Waals surface area contributed by atoms with E-state index in [9.17, 15) is 9.59 Å². The van der Waals surface area contributed by atoms with Gasteiger partial charge in [-0.15, -0.1) is 0 Å². The van der Waals surface area contributed by atoms with Gasteiger partial charge in [0.25, 0.3) is 5.91 Å². The van der Waals surface area contributed by atoms with Gasteiger partial charge in [-0.25, -0.2) is 0 Å². The number of hydrogen-bond acceptors (Lipinski definition) is 5. The molecule has 3 rings (SSSR count). The second-order valence-electron chi connectivity index (χ2n) is 7.88. The SMILES string of the molecule is CCCNC(=O)CN1CCC(NC(=O)c2ccccc2OCCOc2ccccc2)CC1. The van der Waals surface area contributed by atoms with Crippen LogP contribution < -0.4 is 20.1 Å². The second-order valence-corrected chi connectivity index (χ2v) is 7.88. The molecule has 2 aromatic rings. The highest BCUT2D eigenvalue weighted by Gasteiger charge is 2.23. The summed E-state index contributed by atoms with van der Waals surface area (Å²) in [5, 5.41) is 6.03. The van der Waals surface area contributed by atoms with E-state index in [1.165, 1.54) is 0 Å². The molecule has 2 amide bonds. The number of nitrogens with one attached hydrogen (secondary N) is 2. The van der Waals surface area contributed by atoms with Crippen molar-refractivity contribution in [2.45, 2.75) is 32.2 Å². The average molecular weight is 440 g/mol. The minimum Gasteiger partial charge on any atom is -0.490 e. The molecule has 1 aliphatic heterocycles. The van der Waals surface area contributed by atoms with E-state index in [2.05, 4.69) is 15.5 Å². The lowest BCUT2D eigenvalue weighted by Gasteiger charge is -2.32. The molecule has 32 heavy (non-hydrogen) atoms. The first-order valence-corrected chi connectivity index (χ1v) is 11.3. The highest BCUT2D eigenvalue weighted by atomic mass is 16.5. The molecule has 7 nitrogen and oxygen atoms in total. The normalized spacial score (nSPS) is 14.5. The molecule has 1 heterocycles. The van der Waals surface area contributed by atoms with Crippen LogP contribution >= 0.6 is 0 Å². The van der Waals surface area contributed by atoms with Gasteiger partial charge in [-0.05, 0) is 43.5 Å². The van der Waals surface area contributed by atoms with Crippen LogP contribution in [0.4, 0.5) is 0 Å². The molecule has 0 spiro atoms. The van der Waals surface area contributed by atoms with Gasteiger partial charge in [-0.3, -0.25) is 14.5 Å². The maximum absolute atomic E-state index is 12.9. The van der Waals surface area contributed by atoms with Crippen LogP contribution in [0.3, 0.4) is 0 Å². The van der Waals surface area contributed by atoms with Crippen molar-refractivity contribution in [2.75, 3.05) is 39.4 Å². The van der Waals surface area contributed by atoms with E-state index in [1.807, 2.05) is 49.4 Å². The first-order valence-electron chi connectivity index (χ1n) is 11.3. The van der Waals surface area contributed by atoms with Crippen LogP contribution in [0.2, 0.25) is 0 Å². The minimum absolute atomic E-state index is 0.0663. The van der Waals surface area contributed by atoms with E-state index in [0.717, 1.165) is 38.1 Å². The van der Waals surface area contributed by atoms with Gasteiger partial charge in [0.1, 0.15) is 24.7 Å². The third kappa shape index (κ3) is 7.57. The fourth-order valence-electron chi connectivity index (χ4n) is 3.63. The first kappa shape index (κ1) is 23.6. The fourth-order valence-corrected chi connectivity index (χ4v) is 3.63. The summed E-state index contributed by atoms with van der Waals surface area (Å²) < 4.78 is 11.5. The summed E-state index contributed by atoms with van der Waals surface area (Å²) in [4.78, 5) is 26.9. The Morgan fingerprint density at radius 3 is 2.41 bits per heavy atom. The lowest BCUT2D eigenvalue weighted by Crippen LogP contribution is -2.47. The molecule has 2 aromatic carbocycles. The number of piperidine rings is 1. The van der Waals surface area contributed by atoms with Crippen molar-refractivity contribution in [3.05, 3.63) is 60.2 Å². The van der Waals surface area contributed by atoms with Crippen molar-refractivity contribution in [3.8, 4) is 11.5 Å². The maximum atomic E-state index is 12.9. The van der Waals surface area contributed by atoms with Gasteiger partial charge >= 0.3 is 0 Å². The van der Waals surface area contributed by atoms with Crippen molar-refractivity contribution >= 4 is 11.8 Å². The number of carbonyl (C=O) groups excluding carboxylic acids is 2. The number of likely N-dealkylation sites (tertiary alicyclic amines) is 1. The van der Waals surface area contributed by atoms with E-state index < -0.39 is 0 Å². The minimum atomic E-state index is -0.135. The highest BCUT2D eigenvalue weighted by molar-refractivity contribution is 5.97. The van der Waals surface area contributed by atoms with Gasteiger partial charge < -0.3 is 20.1 Å². The molecule has 0 radical (unpaired) electrons. The molecule has 0 bridgehead atoms. The van der Waals surface area contributed by atoms with Crippen molar-refractivity contribution in [3.63, 3.8) is 0 Å². The van der Waals surface area contributed by atoms with Crippen molar-refractivity contribution in [1.82, 2.24) is 15.5 Å². The summed E-state index contributed by atoms with van der Waals surface area (Å²) in [5.74, 6) is 1.27. The van der Waals surface area contributed by atoms with Gasteiger partial charge in [0, 0.05) is 25.7 Å². The van der Waals surface area contributed by atoms with E-state index in [1.54, 1.807) is 12.1 Å². The molecule has 172 valence electrons. The summed E-state index contributed by atoms with van der Waals surface area (Å²) in [5.41, 5.74) is 0.522. The maximum Gasteiger partial charge on any atom is 0.255 e. The van der Waals surface area contributed by atoms with Gasteiger partial charge in [-0.1, -0.05) is 37.3 Å². The molecular formula is C25H33N3O4. The van der Waals surface area contributed by atoms with Crippen LogP contribution in [0.5, 0.6) is 11.5 Å². The number of benzene rings is 2. The molecule has 0 aliphatic carbocycles. The summed E-state index contributed by atoms with van der Waals surface area (Å²) in [6.07, 6.45) is 2.58. The van der Waals surface area contributed by atoms with Crippen molar-refractivity contribution in [1.29, 1.82) is 0 Å². The third-order valence-corrected chi connectivity index (χ3v) is 5.35. The Morgan fingerprint density at radius 1 is 0.969 bits per heavy atom. The zero-order chi connectivity index (χ0) is 22.6. The first-order chi connectivity index (χ1) is 15.7. The molecule has 1 saturated heterocycles. The van der Waals surface area contributed by atoms with Gasteiger partial charge in [0.15, 0.2) is 0 Å². The summed E-state index contributed by atoms with van der Waals surface area (Å²) in [6.45, 7) is 5.49. The number of rotatable bonds is 11. The van der Waals surface area contributed by atoms with Crippen molar-refractivity contribution in [2.24, 2.45) is 0 Å². The van der Waals surface area contributed by atoms with Crippen LogP contribution in [0.25, 0.3) is 0 Å². The van der Waals surface area contributed by atoms with E-state index in [0.29, 0.717) is 37.6 Å². The van der Waals surface area contributed by atoms with E-state index in [4.69, 9.17) is 9.47 Å². The lowest BCUT2D eigenvalue weighted by molar-refractivity contribution is -0.122. The Labute approximate surface area is 190 Å². The predicted octanol–water partition coefficient (Wildman–Crippen LogP) is 2.86. The van der Waals surface area contributed by atoms with E-state index >= 15 is 0 Å². The summed E-state index contributed by atoms with van der Waals surface area (Å²) >= 11 is 0. The van der Waals surface area contributed by atoms with E-state index in [-0.39, 0.29) is 17.9 Å². The molecule has 2 N–H and O–H groups in total. The Balaban J connectivity index is 1.43. The lowest BCUT2D eigenvalue weighted by atomic mass is 10.0. The van der Waals surface area contributed by atoms with Crippen LogP contribution in [-0.4, -0.2) is 62.1 Å². The smallest absolute Gasteiger partial charge is 0.255 e. The topological polar surface area (TPSA) is 79.9 Å². The molecule has 0 unspecified atom stereocenters. The Hall–Kier alpha value is -3.06. The number of amides is 2. The Kier molecular flexibility index (Phi) is 9.37. The monoisotopic (exact) mass is 439 g/mol. The average Bonchev–Trinajstić information content (AvgIpc) is 2.82. The number of carbonyl (C=O) groups is 2. The third-order valence-electron chi connectivity index (χ3n) is 5.35. The molecule has 1 fully saturated rings. The Morgan fingerprint density at radius 2 is 1.66 bits per heavy atom. The van der Waals surface area contributed by atoms with Gasteiger partial charge in [-0.2, -0.15) is 0 Å². The molecule has 7 heteroatoms. The van der Waals surface area contributed by atoms with Crippen LogP contribution in [0.1, 0.15) is 36.5 Å². The molecule has 1 aliphatic rings. The largest absolute Gasteiger partial charge is 0.490 e. The number of nitrogens with zero attached hydrogens (tertiary/aromatic N) is 1. The molecule has 0 atom stereocenters.